The maximum absolute atomic E-state index is 12.8. The highest BCUT2D eigenvalue weighted by molar-refractivity contribution is 8.27. The van der Waals surface area contributed by atoms with E-state index in [4.69, 9.17) is 14.6 Å². The highest BCUT2D eigenvalue weighted by atomic mass is 32.2. The largest absolute Gasteiger partial charge is 0.494 e. The van der Waals surface area contributed by atoms with Gasteiger partial charge in [0.2, 0.25) is 5.17 Å². The topological polar surface area (TPSA) is 96.2 Å². The zero-order chi connectivity index (χ0) is 23.1. The predicted molar refractivity (Wildman–Crippen MR) is 129 cm³/mol. The van der Waals surface area contributed by atoms with E-state index in [0.717, 1.165) is 28.4 Å². The van der Waals surface area contributed by atoms with E-state index < -0.39 is 5.91 Å². The summed E-state index contributed by atoms with van der Waals surface area (Å²) < 4.78 is 13.0. The van der Waals surface area contributed by atoms with Gasteiger partial charge >= 0.3 is 0 Å². The lowest BCUT2D eigenvalue weighted by Crippen LogP contribution is -2.35. The maximum Gasteiger partial charge on any atom is 0.283 e. The van der Waals surface area contributed by atoms with Crippen molar-refractivity contribution in [3.05, 3.63) is 77.0 Å². The highest BCUT2D eigenvalue weighted by Gasteiger charge is 2.36. The minimum atomic E-state index is -0.458. The third kappa shape index (κ3) is 3.70. The van der Waals surface area contributed by atoms with E-state index in [1.165, 1.54) is 16.8 Å². The molecular formula is C24H21N5O3S. The van der Waals surface area contributed by atoms with Gasteiger partial charge in [0.05, 0.1) is 18.4 Å². The Kier molecular flexibility index (Phi) is 5.26. The number of rotatable bonds is 5. The van der Waals surface area contributed by atoms with Crippen LogP contribution in [0.2, 0.25) is 0 Å². The molecule has 0 unspecified atom stereocenters. The fraction of sp³-hybridized carbons (Fsp3) is 0.167. The molecule has 2 aliphatic heterocycles. The van der Waals surface area contributed by atoms with Crippen molar-refractivity contribution in [2.24, 2.45) is 10.1 Å². The molecule has 0 saturated carbocycles. The van der Waals surface area contributed by atoms with Gasteiger partial charge in [0, 0.05) is 17.1 Å². The van der Waals surface area contributed by atoms with Crippen LogP contribution < -0.4 is 4.74 Å². The summed E-state index contributed by atoms with van der Waals surface area (Å²) in [5, 5.41) is 15.3. The average molecular weight is 460 g/mol. The summed E-state index contributed by atoms with van der Waals surface area (Å²) in [5.41, 5.74) is 3.99. The molecule has 0 aliphatic carbocycles. The summed E-state index contributed by atoms with van der Waals surface area (Å²) in [6.45, 7) is 6.56. The van der Waals surface area contributed by atoms with E-state index in [0.29, 0.717) is 22.6 Å². The van der Waals surface area contributed by atoms with Crippen LogP contribution in [0.15, 0.2) is 68.8 Å². The Bertz CT molecular complexity index is 1350. The van der Waals surface area contributed by atoms with Crippen molar-refractivity contribution in [3.8, 4) is 11.4 Å². The number of carbonyl (C=O) groups excluding carboxylic acids is 1. The van der Waals surface area contributed by atoms with Crippen molar-refractivity contribution in [1.29, 1.82) is 5.41 Å². The first-order valence-electron chi connectivity index (χ1n) is 10.4. The number of fused-ring (bicyclic) bond motifs is 1. The molecule has 33 heavy (non-hydrogen) atoms. The third-order valence-electron chi connectivity index (χ3n) is 5.36. The summed E-state index contributed by atoms with van der Waals surface area (Å²) in [6, 6.07) is 13.4. The summed E-state index contributed by atoms with van der Waals surface area (Å²) in [4.78, 5) is 16.9. The molecular weight excluding hydrogens is 438 g/mol. The number of carbonyl (C=O) groups is 1. The van der Waals surface area contributed by atoms with Crippen LogP contribution in [0.3, 0.4) is 0 Å². The zero-order valence-corrected chi connectivity index (χ0v) is 19.1. The first-order valence-corrected chi connectivity index (χ1v) is 11.2. The van der Waals surface area contributed by atoms with E-state index in [9.17, 15) is 4.79 Å². The standard InChI is InChI=1S/C24H21N5O3S/c1-4-31-18-9-7-17(8-10-18)28-14(2)12-16(15(28)3)13-19-21(25)29-24(26-22(19)30)33-23(27-29)20-6-5-11-32-20/h5-13,25H,4H2,1-3H3/b19-13+,25-21?. The van der Waals surface area contributed by atoms with Crippen molar-refractivity contribution >= 4 is 39.8 Å². The highest BCUT2D eigenvalue weighted by Crippen LogP contribution is 2.32. The van der Waals surface area contributed by atoms with E-state index >= 15 is 0 Å². The number of amides is 1. The van der Waals surface area contributed by atoms with Crippen LogP contribution in [0.1, 0.15) is 29.6 Å². The van der Waals surface area contributed by atoms with E-state index in [1.807, 2.05) is 51.1 Å². The van der Waals surface area contributed by atoms with Crippen LogP contribution >= 0.6 is 11.8 Å². The number of furan rings is 1. The summed E-state index contributed by atoms with van der Waals surface area (Å²) in [6.07, 6.45) is 3.27. The van der Waals surface area contributed by atoms with Gasteiger partial charge in [0.15, 0.2) is 16.6 Å². The zero-order valence-electron chi connectivity index (χ0n) is 18.3. The summed E-state index contributed by atoms with van der Waals surface area (Å²) >= 11 is 1.21. The molecule has 9 heteroatoms. The molecule has 1 aromatic carbocycles. The SMILES string of the molecule is CCOc1ccc(-n2c(C)cc(/C=C3\C(=N)N4N=C(c5ccco5)SC4=NC3=O)c2C)cc1. The molecule has 0 fully saturated rings. The van der Waals surface area contributed by atoms with Gasteiger partial charge in [-0.05, 0) is 86.6 Å². The van der Waals surface area contributed by atoms with E-state index in [-0.39, 0.29) is 11.4 Å². The quantitative estimate of drug-likeness (QED) is 0.555. The molecule has 1 amide bonds. The van der Waals surface area contributed by atoms with Crippen molar-refractivity contribution in [1.82, 2.24) is 9.58 Å². The van der Waals surface area contributed by atoms with Gasteiger partial charge in [-0.2, -0.15) is 15.1 Å². The van der Waals surface area contributed by atoms with Crippen LogP contribution in [-0.4, -0.2) is 38.1 Å². The van der Waals surface area contributed by atoms with E-state index in [1.54, 1.807) is 24.5 Å². The normalized spacial score (nSPS) is 16.8. The number of hydrazone groups is 1. The van der Waals surface area contributed by atoms with Crippen molar-refractivity contribution in [3.63, 3.8) is 0 Å². The van der Waals surface area contributed by atoms with Gasteiger partial charge in [-0.3, -0.25) is 10.2 Å². The lowest BCUT2D eigenvalue weighted by Gasteiger charge is -2.20. The molecule has 5 rings (SSSR count). The molecule has 0 bridgehead atoms. The molecule has 0 atom stereocenters. The maximum atomic E-state index is 12.8. The fourth-order valence-corrected chi connectivity index (χ4v) is 4.70. The van der Waals surface area contributed by atoms with Crippen molar-refractivity contribution in [2.75, 3.05) is 6.61 Å². The minimum Gasteiger partial charge on any atom is -0.494 e. The number of benzene rings is 1. The Morgan fingerprint density at radius 3 is 2.70 bits per heavy atom. The summed E-state index contributed by atoms with van der Waals surface area (Å²) in [7, 11) is 0. The predicted octanol–water partition coefficient (Wildman–Crippen LogP) is 4.75. The lowest BCUT2D eigenvalue weighted by atomic mass is 10.1. The molecule has 3 aromatic rings. The first kappa shape index (κ1) is 21.0. The monoisotopic (exact) mass is 459 g/mol. The Hall–Kier alpha value is -3.85. The number of nitrogens with zero attached hydrogens (tertiary/aromatic N) is 4. The van der Waals surface area contributed by atoms with Gasteiger partial charge in [0.1, 0.15) is 5.75 Å². The number of amidine groups is 2. The fourth-order valence-electron chi connectivity index (χ4n) is 3.84. The molecule has 0 saturated heterocycles. The number of ether oxygens (including phenoxy) is 1. The Balaban J connectivity index is 1.48. The van der Waals surface area contributed by atoms with Crippen molar-refractivity contribution in [2.45, 2.75) is 20.8 Å². The number of hydrogen-bond acceptors (Lipinski definition) is 6. The van der Waals surface area contributed by atoms with Crippen LogP contribution in [-0.2, 0) is 4.79 Å². The second kappa shape index (κ2) is 8.25. The first-order chi connectivity index (χ1) is 16.0. The third-order valence-corrected chi connectivity index (χ3v) is 6.29. The molecule has 0 spiro atoms. The van der Waals surface area contributed by atoms with Gasteiger partial charge in [-0.25, -0.2) is 0 Å². The van der Waals surface area contributed by atoms with Crippen LogP contribution in [0.5, 0.6) is 5.75 Å². The Morgan fingerprint density at radius 1 is 1.21 bits per heavy atom. The van der Waals surface area contributed by atoms with Crippen LogP contribution in [0, 0.1) is 19.3 Å². The molecule has 2 aromatic heterocycles. The average Bonchev–Trinajstić information content (AvgIpc) is 3.52. The smallest absolute Gasteiger partial charge is 0.283 e. The van der Waals surface area contributed by atoms with Gasteiger partial charge < -0.3 is 13.7 Å². The number of hydrogen-bond donors (Lipinski definition) is 1. The minimum absolute atomic E-state index is 0.00933. The second-order valence-electron chi connectivity index (χ2n) is 7.49. The van der Waals surface area contributed by atoms with Gasteiger partial charge in [0.25, 0.3) is 5.91 Å². The molecule has 4 heterocycles. The molecule has 166 valence electrons. The number of aliphatic imine (C=N–C) groups is 1. The molecule has 2 aliphatic rings. The number of nitrogens with one attached hydrogen (secondary N) is 1. The molecule has 8 nitrogen and oxygen atoms in total. The van der Waals surface area contributed by atoms with Crippen LogP contribution in [0.4, 0.5) is 0 Å². The van der Waals surface area contributed by atoms with Gasteiger partial charge in [-0.1, -0.05) is 0 Å². The number of aromatic nitrogens is 1. The Labute approximate surface area is 194 Å². The summed E-state index contributed by atoms with van der Waals surface area (Å²) in [5.74, 6) is 0.922. The molecule has 1 N–H and O–H groups in total. The lowest BCUT2D eigenvalue weighted by molar-refractivity contribution is -0.114. The van der Waals surface area contributed by atoms with Crippen molar-refractivity contribution < 1.29 is 13.9 Å². The Morgan fingerprint density at radius 2 is 2.00 bits per heavy atom. The molecule has 0 radical (unpaired) electrons. The van der Waals surface area contributed by atoms with E-state index in [2.05, 4.69) is 14.7 Å². The van der Waals surface area contributed by atoms with Crippen LogP contribution in [0.25, 0.3) is 11.8 Å². The van der Waals surface area contributed by atoms with Gasteiger partial charge in [-0.15, -0.1) is 0 Å². The number of thioether (sulfide) groups is 1. The number of aryl methyl sites for hydroxylation is 1. The second-order valence-corrected chi connectivity index (χ2v) is 8.45.